The minimum atomic E-state index is -0.253. The van der Waals surface area contributed by atoms with Crippen molar-refractivity contribution in [3.63, 3.8) is 0 Å². The summed E-state index contributed by atoms with van der Waals surface area (Å²) in [4.78, 5) is 55.2. The molecule has 1 N–H and O–H groups in total. The van der Waals surface area contributed by atoms with E-state index in [9.17, 15) is 24.3 Å². The van der Waals surface area contributed by atoms with Gasteiger partial charge in [-0.25, -0.2) is 0 Å². The molecule has 0 amide bonds. The van der Waals surface area contributed by atoms with E-state index in [2.05, 4.69) is 51.3 Å². The third-order valence-corrected chi connectivity index (χ3v) is 18.3. The van der Waals surface area contributed by atoms with Crippen molar-refractivity contribution in [2.75, 3.05) is 79.1 Å². The quantitative estimate of drug-likeness (QED) is 0.0268. The lowest BCUT2D eigenvalue weighted by Gasteiger charge is -2.22. The van der Waals surface area contributed by atoms with Gasteiger partial charge in [-0.15, -0.1) is 0 Å². The fourth-order valence-electron chi connectivity index (χ4n) is 12.4. The average Bonchev–Trinajstić information content (AvgIpc) is 3.52. The van der Waals surface area contributed by atoms with E-state index in [1.807, 2.05) is 0 Å². The second-order valence-corrected chi connectivity index (χ2v) is 26.6. The van der Waals surface area contributed by atoms with Crippen LogP contribution in [-0.4, -0.2) is 118 Å². The lowest BCUT2D eigenvalue weighted by atomic mass is 9.92. The molecule has 0 rings (SSSR count). The zero-order chi connectivity index (χ0) is 64.3. The van der Waals surface area contributed by atoms with Crippen molar-refractivity contribution in [3.05, 3.63) is 0 Å². The van der Waals surface area contributed by atoms with Crippen LogP contribution in [0.1, 0.15) is 369 Å². The van der Waals surface area contributed by atoms with Crippen LogP contribution in [0.3, 0.4) is 0 Å². The Balaban J connectivity index is 4.73. The summed E-state index contributed by atoms with van der Waals surface area (Å²) >= 11 is 0. The highest BCUT2D eigenvalue weighted by molar-refractivity contribution is 5.70. The van der Waals surface area contributed by atoms with Crippen LogP contribution in [-0.2, 0) is 42.9 Å². The Kier molecular flexibility index (Phi) is 67.3. The van der Waals surface area contributed by atoms with Gasteiger partial charge in [0.1, 0.15) is 0 Å². The highest BCUT2D eigenvalue weighted by Crippen LogP contribution is 2.24. The molecule has 0 atom stereocenters. The Morgan fingerprint density at radius 2 is 0.545 bits per heavy atom. The number of aliphatic hydroxyl groups excluding tert-OH is 1. The van der Waals surface area contributed by atoms with Gasteiger partial charge in [0.2, 0.25) is 0 Å². The summed E-state index contributed by atoms with van der Waals surface area (Å²) in [6.07, 6.45) is 56.6. The van der Waals surface area contributed by atoms with E-state index in [-0.39, 0.29) is 37.3 Å². The molecule has 88 heavy (non-hydrogen) atoms. The van der Waals surface area contributed by atoms with Crippen molar-refractivity contribution in [3.8, 4) is 0 Å². The molecule has 0 fully saturated rings. The molecule has 0 aliphatic heterocycles. The number of hydrogen-bond acceptors (Lipinski definition) is 12. The molecule has 522 valence electrons. The van der Waals surface area contributed by atoms with E-state index in [0.29, 0.717) is 82.8 Å². The van der Waals surface area contributed by atoms with Gasteiger partial charge >= 0.3 is 23.9 Å². The molecule has 0 unspecified atom stereocenters. The van der Waals surface area contributed by atoms with Crippen LogP contribution in [0.15, 0.2) is 0 Å². The van der Waals surface area contributed by atoms with Crippen molar-refractivity contribution < 1.29 is 48.0 Å². The highest BCUT2D eigenvalue weighted by atomic mass is 16.7. The summed E-state index contributed by atoms with van der Waals surface area (Å²) in [5.74, 6) is 1.71. The van der Waals surface area contributed by atoms with E-state index in [4.69, 9.17) is 23.7 Å². The average molecular weight is 1250 g/mol. The molecule has 0 aromatic carbocycles. The number of ether oxygens (including phenoxy) is 5. The summed E-state index contributed by atoms with van der Waals surface area (Å²) in [6, 6.07) is 0. The van der Waals surface area contributed by atoms with Crippen LogP contribution < -0.4 is 0 Å². The summed E-state index contributed by atoms with van der Waals surface area (Å²) in [5, 5.41) is 9.54. The molecular formula is C76H148N2O10. The van der Waals surface area contributed by atoms with Gasteiger partial charge in [0.05, 0.1) is 32.8 Å². The van der Waals surface area contributed by atoms with Gasteiger partial charge in [0.15, 0.2) is 6.79 Å². The van der Waals surface area contributed by atoms with Gasteiger partial charge in [-0.2, -0.15) is 0 Å². The first-order chi connectivity index (χ1) is 43.1. The van der Waals surface area contributed by atoms with E-state index in [1.165, 1.54) is 180 Å². The first kappa shape index (κ1) is 85.7. The number of esters is 4. The molecule has 0 aliphatic carbocycles. The van der Waals surface area contributed by atoms with Gasteiger partial charge in [0, 0.05) is 45.5 Å². The number of aliphatic hydroxyl groups is 1. The maximum absolute atomic E-state index is 12.8. The van der Waals surface area contributed by atoms with Gasteiger partial charge < -0.3 is 38.6 Å². The zero-order valence-electron chi connectivity index (χ0n) is 59.3. The molecule has 0 bridgehead atoms. The molecule has 0 aromatic heterocycles. The van der Waals surface area contributed by atoms with E-state index < -0.39 is 0 Å². The number of nitrogens with zero attached hydrogens (tertiary/aromatic N) is 2. The number of carbonyl (C=O) groups excluding carboxylic acids is 4. The Labute approximate surface area is 545 Å². The molecule has 0 saturated carbocycles. The number of unbranched alkanes of at least 4 members (excludes halogenated alkanes) is 27. The Morgan fingerprint density at radius 3 is 0.864 bits per heavy atom. The molecule has 0 aliphatic rings. The Hall–Kier alpha value is -2.28. The van der Waals surface area contributed by atoms with Crippen LogP contribution in [0.5, 0.6) is 0 Å². The molecule has 0 saturated heterocycles. The van der Waals surface area contributed by atoms with Crippen LogP contribution in [0.4, 0.5) is 0 Å². The molecule has 0 spiro atoms. The lowest BCUT2D eigenvalue weighted by Crippen LogP contribution is -2.30. The van der Waals surface area contributed by atoms with Crippen molar-refractivity contribution in [2.24, 2.45) is 17.8 Å². The number of carbonyl (C=O) groups is 4. The molecule has 0 radical (unpaired) electrons. The van der Waals surface area contributed by atoms with Crippen LogP contribution >= 0.6 is 0 Å². The van der Waals surface area contributed by atoms with Crippen LogP contribution in [0.2, 0.25) is 0 Å². The summed E-state index contributed by atoms with van der Waals surface area (Å²) in [7, 11) is 0. The standard InChI is InChI=1S/C76H148N2O10/c1-7-13-31-45-70(46-32-14-8-2)55-66-85-73(80)51-37-25-19-22-28-40-58-77(59-41-29-23-20-26-38-52-74(81)86-67-56-71(47-33-15-9-3)48-34-16-10-4)62-44-65-84-69-88-76(83)54-63-78(61-43-64-79)60-42-30-24-21-27-39-53-75(82)87-68-57-72(49-35-17-11-5)50-36-18-12-6/h70-72,79H,7-69H2,1-6H3. The SMILES string of the molecule is CCCCCC(CCCCC)CCOC(=O)CCCCCCCCN(CCCCCCCCC(=O)OCCC(CCCCC)CCCCC)CCCOCOC(=O)CCN(CCCO)CCCCCCCCC(=O)OCCC(CCCCC)CCCCC. The smallest absolute Gasteiger partial charge is 0.309 e. The minimum absolute atomic E-state index is 0.0254. The fraction of sp³-hybridized carbons (Fsp3) is 0.947. The van der Waals surface area contributed by atoms with E-state index in [1.54, 1.807) is 0 Å². The first-order valence-electron chi connectivity index (χ1n) is 38.4. The Bertz CT molecular complexity index is 1400. The molecule has 12 heteroatoms. The van der Waals surface area contributed by atoms with Gasteiger partial charge in [-0.05, 0) is 108 Å². The van der Waals surface area contributed by atoms with Crippen molar-refractivity contribution in [1.29, 1.82) is 0 Å². The number of rotatable bonds is 72. The predicted molar refractivity (Wildman–Crippen MR) is 370 cm³/mol. The van der Waals surface area contributed by atoms with Crippen LogP contribution in [0, 0.1) is 17.8 Å². The normalized spacial score (nSPS) is 11.8. The van der Waals surface area contributed by atoms with Crippen LogP contribution in [0.25, 0.3) is 0 Å². The molecular weight excluding hydrogens is 1100 g/mol. The molecule has 12 nitrogen and oxygen atoms in total. The van der Waals surface area contributed by atoms with Crippen molar-refractivity contribution >= 4 is 23.9 Å². The third kappa shape index (κ3) is 61.2. The zero-order valence-corrected chi connectivity index (χ0v) is 59.3. The Morgan fingerprint density at radius 1 is 0.273 bits per heavy atom. The second-order valence-electron chi connectivity index (χ2n) is 26.6. The monoisotopic (exact) mass is 1250 g/mol. The highest BCUT2D eigenvalue weighted by Gasteiger charge is 2.16. The first-order valence-corrected chi connectivity index (χ1v) is 38.4. The number of hydrogen-bond donors (Lipinski definition) is 1. The lowest BCUT2D eigenvalue weighted by molar-refractivity contribution is -0.156. The van der Waals surface area contributed by atoms with Crippen molar-refractivity contribution in [1.82, 2.24) is 9.80 Å². The van der Waals surface area contributed by atoms with Gasteiger partial charge in [-0.1, -0.05) is 273 Å². The molecule has 0 aromatic rings. The predicted octanol–water partition coefficient (Wildman–Crippen LogP) is 20.6. The fourth-order valence-corrected chi connectivity index (χ4v) is 12.4. The minimum Gasteiger partial charge on any atom is -0.466 e. The third-order valence-electron chi connectivity index (χ3n) is 18.3. The molecule has 0 heterocycles. The van der Waals surface area contributed by atoms with Gasteiger partial charge in [0.25, 0.3) is 0 Å². The van der Waals surface area contributed by atoms with Crippen molar-refractivity contribution in [2.45, 2.75) is 369 Å². The topological polar surface area (TPSA) is 141 Å². The maximum atomic E-state index is 12.8. The summed E-state index contributed by atoms with van der Waals surface area (Å²) in [5.41, 5.74) is 0. The second kappa shape index (κ2) is 69.1. The largest absolute Gasteiger partial charge is 0.466 e. The van der Waals surface area contributed by atoms with E-state index in [0.717, 1.165) is 148 Å². The summed E-state index contributed by atoms with van der Waals surface area (Å²) in [6.45, 7) is 21.2. The van der Waals surface area contributed by atoms with E-state index >= 15 is 0 Å². The maximum Gasteiger partial charge on any atom is 0.309 e. The summed E-state index contributed by atoms with van der Waals surface area (Å²) < 4.78 is 28.4. The van der Waals surface area contributed by atoms with Gasteiger partial charge in [-0.3, -0.25) is 19.2 Å².